The van der Waals surface area contributed by atoms with E-state index >= 15 is 0 Å². The van der Waals surface area contributed by atoms with Gasteiger partial charge in [-0.05, 0) is 6.07 Å². The van der Waals surface area contributed by atoms with Crippen LogP contribution in [-0.2, 0) is 11.3 Å². The van der Waals surface area contributed by atoms with Gasteiger partial charge in [0.2, 0.25) is 5.78 Å². The van der Waals surface area contributed by atoms with Crippen LogP contribution in [0.1, 0.15) is 22.5 Å². The fourth-order valence-electron chi connectivity index (χ4n) is 3.20. The SMILES string of the molecule is O=C(C[C@@H]1COCCN1Cc1cn2cccnc2n1)c1ccccc1. The number of carbonyl (C=O) groups excluding carboxylic acids is 1. The number of imidazole rings is 1. The molecule has 0 unspecified atom stereocenters. The fraction of sp³-hybridized carbons (Fsp3) is 0.316. The lowest BCUT2D eigenvalue weighted by atomic mass is 10.0. The molecule has 1 saturated heterocycles. The minimum atomic E-state index is 0.0687. The van der Waals surface area contributed by atoms with Crippen molar-refractivity contribution in [2.45, 2.75) is 19.0 Å². The number of aromatic nitrogens is 3. The number of hydrogen-bond donors (Lipinski definition) is 0. The molecule has 6 nitrogen and oxygen atoms in total. The number of benzene rings is 1. The van der Waals surface area contributed by atoms with Gasteiger partial charge in [0.05, 0.1) is 18.9 Å². The Labute approximate surface area is 146 Å². The quantitative estimate of drug-likeness (QED) is 0.669. The highest BCUT2D eigenvalue weighted by atomic mass is 16.5. The lowest BCUT2D eigenvalue weighted by molar-refractivity contribution is -0.0130. The van der Waals surface area contributed by atoms with Gasteiger partial charge >= 0.3 is 0 Å². The van der Waals surface area contributed by atoms with Crippen LogP contribution in [0.25, 0.3) is 5.78 Å². The Morgan fingerprint density at radius 2 is 2.12 bits per heavy atom. The molecule has 2 aromatic heterocycles. The molecule has 1 aromatic carbocycles. The molecule has 0 bridgehead atoms. The molecule has 0 aliphatic carbocycles. The number of morpholine rings is 1. The van der Waals surface area contributed by atoms with E-state index in [1.165, 1.54) is 0 Å². The van der Waals surface area contributed by atoms with E-state index in [9.17, 15) is 4.79 Å². The molecule has 0 spiro atoms. The van der Waals surface area contributed by atoms with Gasteiger partial charge in [-0.25, -0.2) is 9.97 Å². The molecule has 25 heavy (non-hydrogen) atoms. The minimum Gasteiger partial charge on any atom is -0.378 e. The molecule has 0 saturated carbocycles. The Balaban J connectivity index is 1.48. The third-order valence-electron chi connectivity index (χ3n) is 4.52. The van der Waals surface area contributed by atoms with Crippen LogP contribution in [0.5, 0.6) is 0 Å². The molecule has 128 valence electrons. The van der Waals surface area contributed by atoms with Gasteiger partial charge in [0.25, 0.3) is 0 Å². The van der Waals surface area contributed by atoms with E-state index in [1.807, 2.05) is 53.2 Å². The summed E-state index contributed by atoms with van der Waals surface area (Å²) in [5.74, 6) is 0.848. The van der Waals surface area contributed by atoms with Crippen LogP contribution < -0.4 is 0 Å². The summed E-state index contributed by atoms with van der Waals surface area (Å²) in [4.78, 5) is 23.6. The number of hydrogen-bond acceptors (Lipinski definition) is 5. The second kappa shape index (κ2) is 7.13. The third-order valence-corrected chi connectivity index (χ3v) is 4.52. The van der Waals surface area contributed by atoms with E-state index in [4.69, 9.17) is 4.74 Å². The Morgan fingerprint density at radius 3 is 2.96 bits per heavy atom. The fourth-order valence-corrected chi connectivity index (χ4v) is 3.20. The lowest BCUT2D eigenvalue weighted by Crippen LogP contribution is -2.45. The van der Waals surface area contributed by atoms with Gasteiger partial charge in [0, 0.05) is 49.7 Å². The van der Waals surface area contributed by atoms with Crippen molar-refractivity contribution >= 4 is 11.6 Å². The molecule has 4 rings (SSSR count). The predicted molar refractivity (Wildman–Crippen MR) is 93.4 cm³/mol. The average molecular weight is 336 g/mol. The summed E-state index contributed by atoms with van der Waals surface area (Å²) in [5.41, 5.74) is 1.71. The summed E-state index contributed by atoms with van der Waals surface area (Å²) in [6.45, 7) is 2.75. The molecule has 3 heterocycles. The summed E-state index contributed by atoms with van der Waals surface area (Å²) in [6, 6.07) is 11.4. The number of rotatable bonds is 5. The number of Topliss-reactive ketones (excluding diaryl/α,β-unsaturated/α-hetero) is 1. The molecular weight excluding hydrogens is 316 g/mol. The summed E-state index contributed by atoms with van der Waals surface area (Å²) in [5, 5.41) is 0. The van der Waals surface area contributed by atoms with E-state index in [1.54, 1.807) is 6.20 Å². The molecule has 0 N–H and O–H groups in total. The van der Waals surface area contributed by atoms with Gasteiger partial charge in [-0.2, -0.15) is 0 Å². The van der Waals surface area contributed by atoms with Crippen molar-refractivity contribution < 1.29 is 9.53 Å². The van der Waals surface area contributed by atoms with Crippen LogP contribution in [0.4, 0.5) is 0 Å². The highest BCUT2D eigenvalue weighted by molar-refractivity contribution is 5.96. The first kappa shape index (κ1) is 15.9. The van der Waals surface area contributed by atoms with E-state index in [-0.39, 0.29) is 11.8 Å². The maximum absolute atomic E-state index is 12.5. The van der Waals surface area contributed by atoms with E-state index < -0.39 is 0 Å². The second-order valence-corrected chi connectivity index (χ2v) is 6.25. The first-order chi connectivity index (χ1) is 12.3. The van der Waals surface area contributed by atoms with Crippen LogP contribution in [0, 0.1) is 0 Å². The summed E-state index contributed by atoms with van der Waals surface area (Å²) < 4.78 is 7.53. The second-order valence-electron chi connectivity index (χ2n) is 6.25. The lowest BCUT2D eigenvalue weighted by Gasteiger charge is -2.34. The van der Waals surface area contributed by atoms with Gasteiger partial charge in [0.1, 0.15) is 0 Å². The molecule has 1 atom stereocenters. The van der Waals surface area contributed by atoms with Gasteiger partial charge in [-0.15, -0.1) is 0 Å². The van der Waals surface area contributed by atoms with Crippen molar-refractivity contribution in [1.82, 2.24) is 19.3 Å². The van der Waals surface area contributed by atoms with Gasteiger partial charge in [0.15, 0.2) is 5.78 Å². The largest absolute Gasteiger partial charge is 0.378 e. The van der Waals surface area contributed by atoms with Crippen molar-refractivity contribution in [3.63, 3.8) is 0 Å². The standard InChI is InChI=1S/C19H20N4O2/c24-18(15-5-2-1-3-6-15)11-17-14-25-10-9-22(17)12-16-13-23-8-4-7-20-19(23)21-16/h1-8,13,17H,9-12,14H2/t17-/m1/s1. The summed E-state index contributed by atoms with van der Waals surface area (Å²) in [6.07, 6.45) is 6.13. The molecule has 1 fully saturated rings. The van der Waals surface area contributed by atoms with Crippen LogP contribution in [-0.4, -0.2) is 50.9 Å². The molecule has 1 aliphatic rings. The minimum absolute atomic E-state index is 0.0687. The number of nitrogens with zero attached hydrogens (tertiary/aromatic N) is 4. The zero-order chi connectivity index (χ0) is 17.1. The Morgan fingerprint density at radius 1 is 1.24 bits per heavy atom. The highest BCUT2D eigenvalue weighted by Crippen LogP contribution is 2.17. The van der Waals surface area contributed by atoms with Crippen molar-refractivity contribution in [2.75, 3.05) is 19.8 Å². The third kappa shape index (κ3) is 3.60. The van der Waals surface area contributed by atoms with Crippen molar-refractivity contribution in [2.24, 2.45) is 0 Å². The van der Waals surface area contributed by atoms with E-state index in [0.717, 1.165) is 17.8 Å². The summed E-state index contributed by atoms with van der Waals surface area (Å²) in [7, 11) is 0. The average Bonchev–Trinajstić information content (AvgIpc) is 3.06. The smallest absolute Gasteiger partial charge is 0.233 e. The number of carbonyl (C=O) groups is 1. The molecule has 6 heteroatoms. The van der Waals surface area contributed by atoms with Crippen LogP contribution >= 0.6 is 0 Å². The van der Waals surface area contributed by atoms with E-state index in [2.05, 4.69) is 14.9 Å². The Hall–Kier alpha value is -2.57. The zero-order valence-corrected chi connectivity index (χ0v) is 13.9. The highest BCUT2D eigenvalue weighted by Gasteiger charge is 2.26. The van der Waals surface area contributed by atoms with Crippen molar-refractivity contribution in [1.29, 1.82) is 0 Å². The molecule has 0 amide bonds. The number of fused-ring (bicyclic) bond motifs is 1. The molecule has 0 radical (unpaired) electrons. The van der Waals surface area contributed by atoms with Gasteiger partial charge < -0.3 is 4.74 Å². The van der Waals surface area contributed by atoms with Crippen molar-refractivity contribution in [3.05, 3.63) is 66.2 Å². The molecule has 1 aliphatic heterocycles. The topological polar surface area (TPSA) is 59.7 Å². The van der Waals surface area contributed by atoms with Gasteiger partial charge in [-0.1, -0.05) is 30.3 Å². The van der Waals surface area contributed by atoms with Crippen LogP contribution in [0.3, 0.4) is 0 Å². The van der Waals surface area contributed by atoms with Crippen molar-refractivity contribution in [3.8, 4) is 0 Å². The molecule has 3 aromatic rings. The number of ketones is 1. The first-order valence-electron chi connectivity index (χ1n) is 8.48. The Kier molecular flexibility index (Phi) is 4.54. The van der Waals surface area contributed by atoms with E-state index in [0.29, 0.717) is 32.0 Å². The van der Waals surface area contributed by atoms with Crippen LogP contribution in [0.2, 0.25) is 0 Å². The molecular formula is C19H20N4O2. The van der Waals surface area contributed by atoms with Gasteiger partial charge in [-0.3, -0.25) is 14.1 Å². The first-order valence-corrected chi connectivity index (χ1v) is 8.48. The normalized spacial score (nSPS) is 18.5. The maximum atomic E-state index is 12.5. The van der Waals surface area contributed by atoms with Crippen LogP contribution in [0.15, 0.2) is 55.0 Å². The zero-order valence-electron chi connectivity index (χ0n) is 13.9. The summed E-state index contributed by atoms with van der Waals surface area (Å²) >= 11 is 0. The predicted octanol–water partition coefficient (Wildman–Crippen LogP) is 2.20. The number of ether oxygens (including phenoxy) is 1. The maximum Gasteiger partial charge on any atom is 0.233 e. The Bertz CT molecular complexity index is 829. The monoisotopic (exact) mass is 336 g/mol.